The van der Waals surface area contributed by atoms with Crippen molar-refractivity contribution in [3.63, 3.8) is 0 Å². The highest BCUT2D eigenvalue weighted by atomic mass is 16.5. The normalized spacial score (nSPS) is 15.6. The second-order valence-corrected chi connectivity index (χ2v) is 7.16. The number of amides is 1. The summed E-state index contributed by atoms with van der Waals surface area (Å²) in [5.41, 5.74) is 2.06. The van der Waals surface area contributed by atoms with Crippen LogP contribution in [0.2, 0.25) is 0 Å². The molecule has 0 bridgehead atoms. The summed E-state index contributed by atoms with van der Waals surface area (Å²) in [6, 6.07) is 3.89. The molecular formula is C18H28N2O4. The minimum atomic E-state index is -0.629. The van der Waals surface area contributed by atoms with E-state index in [4.69, 9.17) is 9.47 Å². The summed E-state index contributed by atoms with van der Waals surface area (Å²) in [5.74, 6) is 1.24. The molecule has 0 spiro atoms. The first-order valence-corrected chi connectivity index (χ1v) is 8.28. The van der Waals surface area contributed by atoms with E-state index in [0.29, 0.717) is 31.1 Å². The van der Waals surface area contributed by atoms with Gasteiger partial charge in [0.1, 0.15) is 12.7 Å². The van der Waals surface area contributed by atoms with Gasteiger partial charge in [0.2, 0.25) is 6.41 Å². The van der Waals surface area contributed by atoms with Gasteiger partial charge in [0.05, 0.1) is 7.11 Å². The fraction of sp³-hybridized carbons (Fsp3) is 0.611. The van der Waals surface area contributed by atoms with Gasteiger partial charge in [-0.05, 0) is 38.8 Å². The van der Waals surface area contributed by atoms with Crippen LogP contribution in [-0.4, -0.2) is 54.9 Å². The quantitative estimate of drug-likeness (QED) is 0.735. The Morgan fingerprint density at radius 1 is 1.42 bits per heavy atom. The van der Waals surface area contributed by atoms with Gasteiger partial charge in [-0.15, -0.1) is 0 Å². The van der Waals surface area contributed by atoms with E-state index < -0.39 is 6.10 Å². The van der Waals surface area contributed by atoms with E-state index in [2.05, 4.69) is 5.32 Å². The number of benzene rings is 1. The van der Waals surface area contributed by atoms with Crippen molar-refractivity contribution in [1.29, 1.82) is 0 Å². The van der Waals surface area contributed by atoms with E-state index in [0.717, 1.165) is 24.0 Å². The van der Waals surface area contributed by atoms with Crippen LogP contribution in [0.25, 0.3) is 0 Å². The molecule has 6 heteroatoms. The van der Waals surface area contributed by atoms with E-state index >= 15 is 0 Å². The van der Waals surface area contributed by atoms with Crippen molar-refractivity contribution in [3.8, 4) is 11.5 Å². The monoisotopic (exact) mass is 336 g/mol. The molecule has 0 saturated heterocycles. The number of aliphatic hydroxyl groups excluding tert-OH is 1. The van der Waals surface area contributed by atoms with Gasteiger partial charge in [-0.3, -0.25) is 4.79 Å². The maximum Gasteiger partial charge on any atom is 0.210 e. The molecule has 0 aliphatic carbocycles. The topological polar surface area (TPSA) is 71.0 Å². The maximum absolute atomic E-state index is 11.1. The van der Waals surface area contributed by atoms with Crippen LogP contribution in [-0.2, 0) is 17.8 Å². The highest BCUT2D eigenvalue weighted by Crippen LogP contribution is 2.36. The van der Waals surface area contributed by atoms with Crippen LogP contribution in [0.4, 0.5) is 0 Å². The van der Waals surface area contributed by atoms with Crippen molar-refractivity contribution in [3.05, 3.63) is 23.3 Å². The van der Waals surface area contributed by atoms with Gasteiger partial charge in [0, 0.05) is 30.7 Å². The van der Waals surface area contributed by atoms with E-state index in [9.17, 15) is 9.90 Å². The average molecular weight is 336 g/mol. The summed E-state index contributed by atoms with van der Waals surface area (Å²) in [4.78, 5) is 12.8. The molecule has 1 aromatic rings. The predicted molar refractivity (Wildman–Crippen MR) is 92.4 cm³/mol. The largest absolute Gasteiger partial charge is 0.493 e. The molecule has 24 heavy (non-hydrogen) atoms. The number of β-amino-alcohol motifs (C(OH)–C–C–N with tert-alkyl or cyclic N) is 1. The minimum Gasteiger partial charge on any atom is -0.493 e. The molecule has 1 aliphatic heterocycles. The first-order chi connectivity index (χ1) is 11.3. The van der Waals surface area contributed by atoms with Gasteiger partial charge in [-0.25, -0.2) is 0 Å². The third-order valence-corrected chi connectivity index (χ3v) is 4.01. The number of fused-ring (bicyclic) bond motifs is 1. The molecule has 0 aromatic heterocycles. The first-order valence-electron chi connectivity index (χ1n) is 8.28. The van der Waals surface area contributed by atoms with Gasteiger partial charge in [0.15, 0.2) is 11.5 Å². The maximum atomic E-state index is 11.1. The number of nitrogens with zero attached hydrogens (tertiary/aromatic N) is 1. The Balaban J connectivity index is 2.09. The third-order valence-electron chi connectivity index (χ3n) is 4.01. The molecule has 1 aliphatic rings. The molecule has 0 fully saturated rings. The summed E-state index contributed by atoms with van der Waals surface area (Å²) < 4.78 is 11.3. The van der Waals surface area contributed by atoms with E-state index in [1.165, 1.54) is 0 Å². The second-order valence-electron chi connectivity index (χ2n) is 7.16. The molecular weight excluding hydrogens is 308 g/mol. The van der Waals surface area contributed by atoms with Crippen molar-refractivity contribution in [2.45, 2.75) is 45.4 Å². The van der Waals surface area contributed by atoms with Gasteiger partial charge < -0.3 is 24.8 Å². The summed E-state index contributed by atoms with van der Waals surface area (Å²) in [7, 11) is 1.59. The summed E-state index contributed by atoms with van der Waals surface area (Å²) in [6.07, 6.45) is 1.02. The van der Waals surface area contributed by atoms with Crippen molar-refractivity contribution >= 4 is 6.41 Å². The second kappa shape index (κ2) is 7.85. The Kier molecular flexibility index (Phi) is 6.07. The Bertz CT molecular complexity index is 569. The number of ether oxygens (including phenoxy) is 2. The van der Waals surface area contributed by atoms with Crippen molar-refractivity contribution in [2.75, 3.05) is 26.8 Å². The lowest BCUT2D eigenvalue weighted by atomic mass is 9.98. The smallest absolute Gasteiger partial charge is 0.210 e. The van der Waals surface area contributed by atoms with Crippen molar-refractivity contribution < 1.29 is 19.4 Å². The van der Waals surface area contributed by atoms with Gasteiger partial charge >= 0.3 is 0 Å². The molecule has 1 aromatic carbocycles. The molecule has 134 valence electrons. The number of carbonyl (C=O) groups is 1. The molecule has 1 unspecified atom stereocenters. The van der Waals surface area contributed by atoms with Gasteiger partial charge in [0.25, 0.3) is 0 Å². The fourth-order valence-corrected chi connectivity index (χ4v) is 2.67. The van der Waals surface area contributed by atoms with E-state index in [-0.39, 0.29) is 12.1 Å². The zero-order chi connectivity index (χ0) is 17.7. The lowest BCUT2D eigenvalue weighted by Gasteiger charge is -2.28. The summed E-state index contributed by atoms with van der Waals surface area (Å²) in [5, 5.41) is 13.4. The number of rotatable bonds is 7. The predicted octanol–water partition coefficient (Wildman–Crippen LogP) is 1.34. The standard InChI is InChI=1S/C18H28N2O4/c1-18(2,3)19-9-14(22)11-24-17-15-10-20(12-21)8-7-13(15)5-6-16(17)23-4/h5-6,12,14,19,22H,7-11H2,1-4H3. The van der Waals surface area contributed by atoms with Crippen molar-refractivity contribution in [1.82, 2.24) is 10.2 Å². The molecule has 6 nitrogen and oxygen atoms in total. The molecule has 2 N–H and O–H groups in total. The Morgan fingerprint density at radius 2 is 2.17 bits per heavy atom. The van der Waals surface area contributed by atoms with Crippen LogP contribution in [0.15, 0.2) is 12.1 Å². The molecule has 0 saturated carbocycles. The first kappa shape index (κ1) is 18.5. The zero-order valence-corrected chi connectivity index (χ0v) is 15.0. The Hall–Kier alpha value is -1.79. The SMILES string of the molecule is COc1ccc2c(c1OCC(O)CNC(C)(C)C)CN(C=O)CC2. The number of carbonyl (C=O) groups excluding carboxylic acids is 1. The molecule has 1 heterocycles. The highest BCUT2D eigenvalue weighted by Gasteiger charge is 2.23. The van der Waals surface area contributed by atoms with Crippen LogP contribution >= 0.6 is 0 Å². The van der Waals surface area contributed by atoms with Gasteiger partial charge in [-0.2, -0.15) is 0 Å². The fourth-order valence-electron chi connectivity index (χ4n) is 2.67. The van der Waals surface area contributed by atoms with Crippen LogP contribution in [0.5, 0.6) is 11.5 Å². The van der Waals surface area contributed by atoms with Crippen LogP contribution in [0.1, 0.15) is 31.9 Å². The molecule has 2 rings (SSSR count). The molecule has 1 amide bonds. The molecule has 0 radical (unpaired) electrons. The zero-order valence-electron chi connectivity index (χ0n) is 15.0. The highest BCUT2D eigenvalue weighted by molar-refractivity contribution is 5.55. The number of hydrogen-bond donors (Lipinski definition) is 2. The number of methoxy groups -OCH3 is 1. The number of aliphatic hydroxyl groups is 1. The average Bonchev–Trinajstić information content (AvgIpc) is 2.56. The Labute approximate surface area is 143 Å². The van der Waals surface area contributed by atoms with Crippen LogP contribution < -0.4 is 14.8 Å². The Morgan fingerprint density at radius 3 is 2.79 bits per heavy atom. The van der Waals surface area contributed by atoms with Gasteiger partial charge in [-0.1, -0.05) is 6.07 Å². The summed E-state index contributed by atoms with van der Waals surface area (Å²) >= 11 is 0. The number of nitrogens with one attached hydrogen (secondary N) is 1. The lowest BCUT2D eigenvalue weighted by Crippen LogP contribution is -2.42. The van der Waals surface area contributed by atoms with E-state index in [1.807, 2.05) is 32.9 Å². The van der Waals surface area contributed by atoms with Crippen molar-refractivity contribution in [2.24, 2.45) is 0 Å². The van der Waals surface area contributed by atoms with Crippen LogP contribution in [0.3, 0.4) is 0 Å². The minimum absolute atomic E-state index is 0.0605. The lowest BCUT2D eigenvalue weighted by molar-refractivity contribution is -0.118. The summed E-state index contributed by atoms with van der Waals surface area (Å²) in [6.45, 7) is 7.96. The third kappa shape index (κ3) is 4.85. The number of hydrogen-bond acceptors (Lipinski definition) is 5. The van der Waals surface area contributed by atoms with E-state index in [1.54, 1.807) is 12.0 Å². The molecule has 1 atom stereocenters. The van der Waals surface area contributed by atoms with Crippen LogP contribution in [0, 0.1) is 0 Å².